The van der Waals surface area contributed by atoms with E-state index >= 15 is 0 Å². The molecule has 152 valence electrons. The lowest BCUT2D eigenvalue weighted by molar-refractivity contribution is -0.120. The largest absolute Gasteiger partial charge is 0.490 e. The fourth-order valence-electron chi connectivity index (χ4n) is 2.98. The number of rotatable bonds is 9. The van der Waals surface area contributed by atoms with Gasteiger partial charge in [-0.05, 0) is 52.3 Å². The minimum absolute atomic E-state index is 0.0256. The van der Waals surface area contributed by atoms with Gasteiger partial charge in [-0.2, -0.15) is 0 Å². The molecule has 2 unspecified atom stereocenters. The van der Waals surface area contributed by atoms with Gasteiger partial charge in [0.2, 0.25) is 15.9 Å². The Balaban J connectivity index is 1.98. The first kappa shape index (κ1) is 21.5. The third kappa shape index (κ3) is 6.37. The Morgan fingerprint density at radius 2 is 1.93 bits per heavy atom. The Kier molecular flexibility index (Phi) is 7.88. The Hall–Kier alpha value is -1.84. The minimum atomic E-state index is -3.84. The molecule has 0 bridgehead atoms. The zero-order valence-electron chi connectivity index (χ0n) is 16.1. The standard InChI is InChI=1S/C18H29N3O5S/c1-4-25-16-7-6-15(11-17(16)26-5-2)27(23,24)20-12-18(22)21-14-8-9-19-13(3)10-14/h6-7,11,13-14,19-20H,4-5,8-10,12H2,1-3H3,(H,21,22). The van der Waals surface area contributed by atoms with Gasteiger partial charge in [0.1, 0.15) is 0 Å². The smallest absolute Gasteiger partial charge is 0.241 e. The average molecular weight is 400 g/mol. The van der Waals surface area contributed by atoms with Gasteiger partial charge in [0.05, 0.1) is 24.7 Å². The number of benzene rings is 1. The van der Waals surface area contributed by atoms with Crippen LogP contribution in [0.5, 0.6) is 11.5 Å². The Bertz CT molecular complexity index is 739. The molecule has 9 heteroatoms. The third-order valence-corrected chi connectivity index (χ3v) is 5.64. The van der Waals surface area contributed by atoms with E-state index in [0.29, 0.717) is 30.8 Å². The van der Waals surface area contributed by atoms with Crippen LogP contribution in [-0.4, -0.2) is 52.7 Å². The highest BCUT2D eigenvalue weighted by molar-refractivity contribution is 7.89. The SMILES string of the molecule is CCOc1ccc(S(=O)(=O)NCC(=O)NC2CCNC(C)C2)cc1OCC. The number of nitrogens with one attached hydrogen (secondary N) is 3. The van der Waals surface area contributed by atoms with Crippen LogP contribution in [0.2, 0.25) is 0 Å². The second-order valence-corrected chi connectivity index (χ2v) is 8.21. The molecule has 1 aliphatic rings. The van der Waals surface area contributed by atoms with Crippen molar-refractivity contribution >= 4 is 15.9 Å². The first-order valence-corrected chi connectivity index (χ1v) is 10.8. The van der Waals surface area contributed by atoms with Crippen molar-refractivity contribution in [3.8, 4) is 11.5 Å². The Morgan fingerprint density at radius 1 is 1.22 bits per heavy atom. The van der Waals surface area contributed by atoms with Gasteiger partial charge in [0.15, 0.2) is 11.5 Å². The Morgan fingerprint density at radius 3 is 2.59 bits per heavy atom. The second kappa shape index (κ2) is 9.91. The zero-order chi connectivity index (χ0) is 19.9. The van der Waals surface area contributed by atoms with Gasteiger partial charge >= 0.3 is 0 Å². The first-order valence-electron chi connectivity index (χ1n) is 9.27. The van der Waals surface area contributed by atoms with Crippen molar-refractivity contribution < 1.29 is 22.7 Å². The molecule has 0 radical (unpaired) electrons. The molecular formula is C18H29N3O5S. The molecule has 1 aliphatic heterocycles. The second-order valence-electron chi connectivity index (χ2n) is 6.44. The number of amides is 1. The third-order valence-electron chi connectivity index (χ3n) is 4.24. The van der Waals surface area contributed by atoms with Crippen molar-refractivity contribution in [2.24, 2.45) is 0 Å². The van der Waals surface area contributed by atoms with Crippen molar-refractivity contribution in [3.05, 3.63) is 18.2 Å². The van der Waals surface area contributed by atoms with Gasteiger partial charge in [0.25, 0.3) is 0 Å². The van der Waals surface area contributed by atoms with Gasteiger partial charge < -0.3 is 20.1 Å². The Labute approximate surface area is 161 Å². The molecule has 0 spiro atoms. The molecular weight excluding hydrogens is 370 g/mol. The highest BCUT2D eigenvalue weighted by Crippen LogP contribution is 2.30. The maximum atomic E-state index is 12.5. The lowest BCUT2D eigenvalue weighted by Crippen LogP contribution is -2.48. The van der Waals surface area contributed by atoms with Crippen LogP contribution in [0.25, 0.3) is 0 Å². The predicted octanol–water partition coefficient (Wildman–Crippen LogP) is 1.02. The summed E-state index contributed by atoms with van der Waals surface area (Å²) in [6, 6.07) is 4.79. The van der Waals surface area contributed by atoms with E-state index in [1.807, 2.05) is 6.92 Å². The van der Waals surface area contributed by atoms with Crippen molar-refractivity contribution in [3.63, 3.8) is 0 Å². The van der Waals surface area contributed by atoms with Crippen LogP contribution in [0.15, 0.2) is 23.1 Å². The van der Waals surface area contributed by atoms with E-state index in [1.54, 1.807) is 13.0 Å². The topological polar surface area (TPSA) is 106 Å². The number of carbonyl (C=O) groups is 1. The van der Waals surface area contributed by atoms with E-state index in [4.69, 9.17) is 9.47 Å². The van der Waals surface area contributed by atoms with Crippen LogP contribution >= 0.6 is 0 Å². The number of carbonyl (C=O) groups excluding carboxylic acids is 1. The number of sulfonamides is 1. The summed E-state index contributed by atoms with van der Waals surface area (Å²) in [7, 11) is -3.84. The summed E-state index contributed by atoms with van der Waals surface area (Å²) in [5.41, 5.74) is 0. The molecule has 8 nitrogen and oxygen atoms in total. The van der Waals surface area contributed by atoms with Gasteiger partial charge in [0, 0.05) is 18.2 Å². The molecule has 1 fully saturated rings. The quantitative estimate of drug-likeness (QED) is 0.573. The van der Waals surface area contributed by atoms with E-state index in [-0.39, 0.29) is 23.4 Å². The predicted molar refractivity (Wildman–Crippen MR) is 103 cm³/mol. The van der Waals surface area contributed by atoms with E-state index in [1.165, 1.54) is 12.1 Å². The van der Waals surface area contributed by atoms with E-state index in [0.717, 1.165) is 19.4 Å². The van der Waals surface area contributed by atoms with Gasteiger partial charge in [-0.15, -0.1) is 0 Å². The lowest BCUT2D eigenvalue weighted by Gasteiger charge is -2.28. The molecule has 1 heterocycles. The molecule has 3 N–H and O–H groups in total. The van der Waals surface area contributed by atoms with Crippen molar-refractivity contribution in [1.29, 1.82) is 0 Å². The molecule has 1 aromatic rings. The van der Waals surface area contributed by atoms with Crippen LogP contribution in [-0.2, 0) is 14.8 Å². The fraction of sp³-hybridized carbons (Fsp3) is 0.611. The van der Waals surface area contributed by atoms with Crippen molar-refractivity contribution in [1.82, 2.24) is 15.4 Å². The highest BCUT2D eigenvalue weighted by atomic mass is 32.2. The first-order chi connectivity index (χ1) is 12.9. The monoisotopic (exact) mass is 399 g/mol. The lowest BCUT2D eigenvalue weighted by atomic mass is 10.0. The molecule has 27 heavy (non-hydrogen) atoms. The maximum absolute atomic E-state index is 12.5. The molecule has 0 aromatic heterocycles. The number of ether oxygens (including phenoxy) is 2. The van der Waals surface area contributed by atoms with E-state index in [9.17, 15) is 13.2 Å². The maximum Gasteiger partial charge on any atom is 0.241 e. The normalized spacial score (nSPS) is 20.1. The molecule has 1 amide bonds. The van der Waals surface area contributed by atoms with Crippen LogP contribution < -0.4 is 24.8 Å². The summed E-state index contributed by atoms with van der Waals surface area (Å²) in [6.45, 7) is 7.06. The summed E-state index contributed by atoms with van der Waals surface area (Å²) in [4.78, 5) is 12.1. The van der Waals surface area contributed by atoms with Crippen LogP contribution in [0.4, 0.5) is 0 Å². The summed E-state index contributed by atoms with van der Waals surface area (Å²) in [5, 5.41) is 6.19. The minimum Gasteiger partial charge on any atom is -0.490 e. The van der Waals surface area contributed by atoms with Crippen molar-refractivity contribution in [2.75, 3.05) is 26.3 Å². The van der Waals surface area contributed by atoms with Gasteiger partial charge in [-0.3, -0.25) is 4.79 Å². The molecule has 1 aromatic carbocycles. The van der Waals surface area contributed by atoms with Crippen LogP contribution in [0.1, 0.15) is 33.6 Å². The average Bonchev–Trinajstić information content (AvgIpc) is 2.62. The summed E-state index contributed by atoms with van der Waals surface area (Å²) in [6.07, 6.45) is 1.66. The van der Waals surface area contributed by atoms with E-state index < -0.39 is 10.0 Å². The number of hydrogen-bond donors (Lipinski definition) is 3. The van der Waals surface area contributed by atoms with Gasteiger partial charge in [-0.1, -0.05) is 0 Å². The summed E-state index contributed by atoms with van der Waals surface area (Å²) < 4.78 is 38.3. The molecule has 0 saturated carbocycles. The molecule has 0 aliphatic carbocycles. The number of piperidine rings is 1. The van der Waals surface area contributed by atoms with Crippen LogP contribution in [0.3, 0.4) is 0 Å². The van der Waals surface area contributed by atoms with Crippen molar-refractivity contribution in [2.45, 2.75) is 50.6 Å². The molecule has 2 rings (SSSR count). The van der Waals surface area contributed by atoms with Gasteiger partial charge in [-0.25, -0.2) is 13.1 Å². The van der Waals surface area contributed by atoms with E-state index in [2.05, 4.69) is 22.3 Å². The van der Waals surface area contributed by atoms with Crippen LogP contribution in [0, 0.1) is 0 Å². The number of hydrogen-bond acceptors (Lipinski definition) is 6. The molecule has 1 saturated heterocycles. The fourth-order valence-corrected chi connectivity index (χ4v) is 3.98. The highest BCUT2D eigenvalue weighted by Gasteiger charge is 2.22. The summed E-state index contributed by atoms with van der Waals surface area (Å²) >= 11 is 0. The zero-order valence-corrected chi connectivity index (χ0v) is 16.9. The summed E-state index contributed by atoms with van der Waals surface area (Å²) in [5.74, 6) is 0.500. The molecule has 2 atom stereocenters.